The van der Waals surface area contributed by atoms with E-state index in [-0.39, 0.29) is 50.2 Å². The summed E-state index contributed by atoms with van der Waals surface area (Å²) in [6.45, 7) is 1.31. The summed E-state index contributed by atoms with van der Waals surface area (Å²) >= 11 is 6.40. The summed E-state index contributed by atoms with van der Waals surface area (Å²) in [6, 6.07) is 5.47. The van der Waals surface area contributed by atoms with Gasteiger partial charge in [-0.2, -0.15) is 0 Å². The Morgan fingerprint density at radius 3 is 2.75 bits per heavy atom. The summed E-state index contributed by atoms with van der Waals surface area (Å²) in [6.07, 6.45) is 2.46. The first-order valence-electron chi connectivity index (χ1n) is 9.79. The van der Waals surface area contributed by atoms with E-state index in [2.05, 4.69) is 0 Å². The van der Waals surface area contributed by atoms with E-state index in [1.807, 2.05) is 22.7 Å². The molecule has 1 unspecified atom stereocenters. The van der Waals surface area contributed by atoms with Crippen molar-refractivity contribution in [3.63, 3.8) is 0 Å². The van der Waals surface area contributed by atoms with E-state index in [0.29, 0.717) is 29.3 Å². The predicted molar refractivity (Wildman–Crippen MR) is 103 cm³/mol. The van der Waals surface area contributed by atoms with E-state index in [9.17, 15) is 18.7 Å². The van der Waals surface area contributed by atoms with Crippen LogP contribution in [0.2, 0.25) is 5.02 Å². The fourth-order valence-corrected chi connectivity index (χ4v) is 4.61. The van der Waals surface area contributed by atoms with Gasteiger partial charge in [-0.05, 0) is 43.9 Å². The molecule has 1 saturated heterocycles. The fourth-order valence-electron chi connectivity index (χ4n) is 4.35. The van der Waals surface area contributed by atoms with Crippen LogP contribution in [0.5, 0.6) is 0 Å². The Labute approximate surface area is 167 Å². The van der Waals surface area contributed by atoms with Crippen LogP contribution < -0.4 is 0 Å². The third-order valence-electron chi connectivity index (χ3n) is 6.15. The standard InChI is InChI=1S/C21H24ClF2NO3/c22-16-2-1-10-25-17(14-4-11-28-13-14)12-15(19(16)25)18(26)3-5-20(27)6-8-21(23,24)9-7-20/h1-2,10,12,14,27H,3-9,11,13H2. The Kier molecular flexibility index (Phi) is 5.23. The molecule has 3 heterocycles. The van der Waals surface area contributed by atoms with Gasteiger partial charge in [-0.3, -0.25) is 4.79 Å². The highest BCUT2D eigenvalue weighted by molar-refractivity contribution is 6.35. The summed E-state index contributed by atoms with van der Waals surface area (Å²) in [5.74, 6) is -2.63. The van der Waals surface area contributed by atoms with Gasteiger partial charge in [0.05, 0.1) is 22.7 Å². The molecule has 1 aliphatic carbocycles. The molecule has 1 atom stereocenters. The highest BCUT2D eigenvalue weighted by Crippen LogP contribution is 2.41. The van der Waals surface area contributed by atoms with Crippen LogP contribution in [0.15, 0.2) is 24.4 Å². The molecule has 2 aromatic heterocycles. The van der Waals surface area contributed by atoms with E-state index in [1.54, 1.807) is 6.07 Å². The van der Waals surface area contributed by atoms with Crippen LogP contribution >= 0.6 is 11.6 Å². The lowest BCUT2D eigenvalue weighted by Crippen LogP contribution is -2.38. The topological polar surface area (TPSA) is 50.9 Å². The number of aliphatic hydroxyl groups is 1. The number of ketones is 1. The third kappa shape index (κ3) is 3.82. The van der Waals surface area contributed by atoms with Gasteiger partial charge in [0.1, 0.15) is 0 Å². The molecule has 4 rings (SSSR count). The SMILES string of the molecule is O=C(CCC1(O)CCC(F)(F)CC1)c1cc(C2CCOC2)n2cccc(Cl)c12. The summed E-state index contributed by atoms with van der Waals surface area (Å²) in [7, 11) is 0. The van der Waals surface area contributed by atoms with Crippen LogP contribution in [0, 0.1) is 0 Å². The molecule has 0 spiro atoms. The summed E-state index contributed by atoms with van der Waals surface area (Å²) in [4.78, 5) is 13.0. The summed E-state index contributed by atoms with van der Waals surface area (Å²) < 4.78 is 34.2. The Hall–Kier alpha value is -1.50. The number of hydrogen-bond donors (Lipinski definition) is 1. The molecule has 2 aliphatic rings. The van der Waals surface area contributed by atoms with Gasteiger partial charge in [-0.25, -0.2) is 8.78 Å². The molecule has 7 heteroatoms. The fraction of sp³-hybridized carbons (Fsp3) is 0.571. The molecule has 4 nitrogen and oxygen atoms in total. The van der Waals surface area contributed by atoms with Gasteiger partial charge < -0.3 is 14.2 Å². The normalized spacial score (nSPS) is 23.9. The lowest BCUT2D eigenvalue weighted by molar-refractivity contribution is -0.105. The minimum absolute atomic E-state index is 0.0230. The second kappa shape index (κ2) is 7.39. The van der Waals surface area contributed by atoms with E-state index < -0.39 is 11.5 Å². The predicted octanol–water partition coefficient (Wildman–Crippen LogP) is 5.00. The van der Waals surface area contributed by atoms with E-state index in [1.165, 1.54) is 0 Å². The zero-order chi connectivity index (χ0) is 19.9. The minimum atomic E-state index is -2.71. The molecule has 0 amide bonds. The molecule has 1 saturated carbocycles. The number of nitrogens with zero attached hydrogens (tertiary/aromatic N) is 1. The average Bonchev–Trinajstić information content (AvgIpc) is 3.31. The number of rotatable bonds is 5. The molecule has 2 fully saturated rings. The average molecular weight is 412 g/mol. The maximum Gasteiger partial charge on any atom is 0.248 e. The number of carbonyl (C=O) groups excluding carboxylic acids is 1. The molecule has 1 aliphatic heterocycles. The van der Waals surface area contributed by atoms with Crippen LogP contribution in [0.4, 0.5) is 8.78 Å². The Morgan fingerprint density at radius 2 is 2.07 bits per heavy atom. The van der Waals surface area contributed by atoms with E-state index >= 15 is 0 Å². The molecule has 152 valence electrons. The van der Waals surface area contributed by atoms with Crippen molar-refractivity contribution in [3.8, 4) is 0 Å². The smallest absolute Gasteiger partial charge is 0.248 e. The number of carbonyl (C=O) groups is 1. The number of Topliss-reactive ketones (excluding diaryl/α,β-unsaturated/α-hetero) is 1. The largest absolute Gasteiger partial charge is 0.390 e. The van der Waals surface area contributed by atoms with Crippen molar-refractivity contribution in [3.05, 3.63) is 40.7 Å². The maximum absolute atomic E-state index is 13.4. The maximum atomic E-state index is 13.4. The molecule has 0 radical (unpaired) electrons. The van der Waals surface area contributed by atoms with E-state index in [0.717, 1.165) is 12.1 Å². The zero-order valence-electron chi connectivity index (χ0n) is 15.6. The number of pyridine rings is 1. The van der Waals surface area contributed by atoms with Crippen molar-refractivity contribution in [2.45, 2.75) is 62.4 Å². The first-order valence-corrected chi connectivity index (χ1v) is 10.2. The second-order valence-electron chi connectivity index (χ2n) is 8.12. The van der Waals surface area contributed by atoms with Crippen LogP contribution in [0.1, 0.15) is 66.9 Å². The van der Waals surface area contributed by atoms with Gasteiger partial charge in [0, 0.05) is 49.2 Å². The lowest BCUT2D eigenvalue weighted by Gasteiger charge is -2.35. The van der Waals surface area contributed by atoms with Crippen molar-refractivity contribution in [2.75, 3.05) is 13.2 Å². The van der Waals surface area contributed by atoms with Crippen LogP contribution in [-0.2, 0) is 4.74 Å². The van der Waals surface area contributed by atoms with Gasteiger partial charge in [-0.15, -0.1) is 0 Å². The van der Waals surface area contributed by atoms with E-state index in [4.69, 9.17) is 16.3 Å². The van der Waals surface area contributed by atoms with Crippen molar-refractivity contribution < 1.29 is 23.4 Å². The number of halogens is 3. The van der Waals surface area contributed by atoms with Gasteiger partial charge in [0.2, 0.25) is 5.92 Å². The van der Waals surface area contributed by atoms with Crippen molar-refractivity contribution >= 4 is 22.9 Å². The quantitative estimate of drug-likeness (QED) is 0.704. The second-order valence-corrected chi connectivity index (χ2v) is 8.53. The molecular formula is C21H24ClF2NO3. The molecular weight excluding hydrogens is 388 g/mol. The Morgan fingerprint density at radius 1 is 1.32 bits per heavy atom. The first-order chi connectivity index (χ1) is 13.3. The molecule has 0 aromatic carbocycles. The highest BCUT2D eigenvalue weighted by atomic mass is 35.5. The Bertz CT molecular complexity index is 879. The molecule has 28 heavy (non-hydrogen) atoms. The number of ether oxygens (including phenoxy) is 1. The molecule has 0 bridgehead atoms. The first kappa shape index (κ1) is 19.8. The number of alkyl halides is 2. The number of hydrogen-bond acceptors (Lipinski definition) is 3. The van der Waals surface area contributed by atoms with Crippen molar-refractivity contribution in [1.29, 1.82) is 0 Å². The number of aromatic nitrogens is 1. The van der Waals surface area contributed by atoms with Crippen LogP contribution in [0.25, 0.3) is 5.52 Å². The molecule has 1 N–H and O–H groups in total. The third-order valence-corrected chi connectivity index (χ3v) is 6.45. The minimum Gasteiger partial charge on any atom is -0.390 e. The van der Waals surface area contributed by atoms with Crippen LogP contribution in [0.3, 0.4) is 0 Å². The van der Waals surface area contributed by atoms with Gasteiger partial charge in [0.15, 0.2) is 5.78 Å². The summed E-state index contributed by atoms with van der Waals surface area (Å²) in [5, 5.41) is 11.1. The molecule has 2 aromatic rings. The lowest BCUT2D eigenvalue weighted by atomic mass is 9.79. The van der Waals surface area contributed by atoms with Gasteiger partial charge >= 0.3 is 0 Å². The monoisotopic (exact) mass is 411 g/mol. The van der Waals surface area contributed by atoms with Gasteiger partial charge in [0.25, 0.3) is 0 Å². The zero-order valence-corrected chi connectivity index (χ0v) is 16.4. The highest BCUT2D eigenvalue weighted by Gasteiger charge is 2.42. The number of fused-ring (bicyclic) bond motifs is 1. The summed E-state index contributed by atoms with van der Waals surface area (Å²) in [5.41, 5.74) is 0.989. The van der Waals surface area contributed by atoms with Gasteiger partial charge in [-0.1, -0.05) is 11.6 Å². The van der Waals surface area contributed by atoms with Crippen LogP contribution in [-0.4, -0.2) is 40.0 Å². The van der Waals surface area contributed by atoms with Crippen molar-refractivity contribution in [2.24, 2.45) is 0 Å². The Balaban J connectivity index is 1.56. The van der Waals surface area contributed by atoms with Crippen molar-refractivity contribution in [1.82, 2.24) is 4.40 Å².